The van der Waals surface area contributed by atoms with Crippen LogP contribution in [0.1, 0.15) is 65.2 Å². The Bertz CT molecular complexity index is 348. The van der Waals surface area contributed by atoms with E-state index >= 15 is 0 Å². The van der Waals surface area contributed by atoms with E-state index in [-0.39, 0.29) is 0 Å². The van der Waals surface area contributed by atoms with Crippen molar-refractivity contribution in [3.05, 3.63) is 0 Å². The molecule has 21 heavy (non-hydrogen) atoms. The van der Waals surface area contributed by atoms with Crippen LogP contribution < -0.4 is 0 Å². The molecule has 0 saturated carbocycles. The van der Waals surface area contributed by atoms with E-state index in [9.17, 15) is 9.90 Å². The molecule has 2 rings (SSSR count). The van der Waals surface area contributed by atoms with Crippen LogP contribution in [0.15, 0.2) is 0 Å². The van der Waals surface area contributed by atoms with Gasteiger partial charge in [0.15, 0.2) is 0 Å². The van der Waals surface area contributed by atoms with Crippen molar-refractivity contribution in [2.24, 2.45) is 0 Å². The number of nitrogens with zero attached hydrogens (tertiary/aromatic N) is 2. The second-order valence-corrected chi connectivity index (χ2v) is 6.81. The summed E-state index contributed by atoms with van der Waals surface area (Å²) >= 11 is 0. The van der Waals surface area contributed by atoms with E-state index in [1.165, 1.54) is 32.4 Å². The summed E-state index contributed by atoms with van der Waals surface area (Å²) < 4.78 is 0. The molecule has 2 fully saturated rings. The van der Waals surface area contributed by atoms with Gasteiger partial charge in [0.1, 0.15) is 5.54 Å². The maximum absolute atomic E-state index is 12.0. The minimum atomic E-state index is -0.587. The Morgan fingerprint density at radius 2 is 1.95 bits per heavy atom. The largest absolute Gasteiger partial charge is 0.480 e. The lowest BCUT2D eigenvalue weighted by molar-refractivity contribution is -0.152. The number of hydrogen-bond acceptors (Lipinski definition) is 3. The predicted molar refractivity (Wildman–Crippen MR) is 85.6 cm³/mol. The highest BCUT2D eigenvalue weighted by molar-refractivity contribution is 5.79. The first-order valence-corrected chi connectivity index (χ1v) is 8.86. The molecule has 0 aliphatic carbocycles. The number of aliphatic carboxylic acids is 1. The molecule has 0 bridgehead atoms. The maximum Gasteiger partial charge on any atom is 0.324 e. The monoisotopic (exact) mass is 296 g/mol. The first-order chi connectivity index (χ1) is 10.1. The van der Waals surface area contributed by atoms with Gasteiger partial charge in [0.25, 0.3) is 0 Å². The van der Waals surface area contributed by atoms with Crippen molar-refractivity contribution >= 4 is 5.97 Å². The average Bonchev–Trinajstić information content (AvgIpc) is 2.74. The van der Waals surface area contributed by atoms with E-state index in [1.54, 1.807) is 0 Å². The van der Waals surface area contributed by atoms with Gasteiger partial charge in [-0.25, -0.2) is 0 Å². The first kappa shape index (κ1) is 16.8. The standard InChI is InChI=1S/C17H32N2O2/c1-3-9-17(16(20)21)10-6-13-19(17)15-7-5-12-18(11-4-2)14-8-15/h15H,3-14H2,1-2H3,(H,20,21). The van der Waals surface area contributed by atoms with E-state index < -0.39 is 11.5 Å². The molecular weight excluding hydrogens is 264 g/mol. The van der Waals surface area contributed by atoms with Crippen LogP contribution in [0.2, 0.25) is 0 Å². The van der Waals surface area contributed by atoms with Crippen molar-refractivity contribution < 1.29 is 9.90 Å². The van der Waals surface area contributed by atoms with Gasteiger partial charge in [-0.3, -0.25) is 9.69 Å². The molecule has 2 aliphatic heterocycles. The fraction of sp³-hybridized carbons (Fsp3) is 0.941. The molecule has 0 aromatic rings. The van der Waals surface area contributed by atoms with Crippen molar-refractivity contribution in [2.45, 2.75) is 76.8 Å². The molecule has 2 aliphatic rings. The van der Waals surface area contributed by atoms with Crippen LogP contribution in [-0.4, -0.2) is 58.6 Å². The lowest BCUT2D eigenvalue weighted by Crippen LogP contribution is -2.54. The first-order valence-electron chi connectivity index (χ1n) is 8.86. The van der Waals surface area contributed by atoms with E-state index in [0.717, 1.165) is 45.2 Å². The molecular formula is C17H32N2O2. The minimum Gasteiger partial charge on any atom is -0.480 e. The zero-order valence-corrected chi connectivity index (χ0v) is 13.8. The van der Waals surface area contributed by atoms with Crippen LogP contribution in [0.3, 0.4) is 0 Å². The lowest BCUT2D eigenvalue weighted by Gasteiger charge is -2.40. The normalized spacial score (nSPS) is 32.2. The highest BCUT2D eigenvalue weighted by Crippen LogP contribution is 2.38. The second kappa shape index (κ2) is 7.59. The summed E-state index contributed by atoms with van der Waals surface area (Å²) in [4.78, 5) is 16.9. The van der Waals surface area contributed by atoms with E-state index in [2.05, 4.69) is 23.6 Å². The molecule has 0 spiro atoms. The van der Waals surface area contributed by atoms with Gasteiger partial charge in [-0.15, -0.1) is 0 Å². The summed E-state index contributed by atoms with van der Waals surface area (Å²) in [6, 6.07) is 0.469. The van der Waals surface area contributed by atoms with Crippen LogP contribution in [-0.2, 0) is 4.79 Å². The summed E-state index contributed by atoms with van der Waals surface area (Å²) in [5.41, 5.74) is -0.570. The van der Waals surface area contributed by atoms with Gasteiger partial charge in [0.05, 0.1) is 0 Å². The van der Waals surface area contributed by atoms with Crippen LogP contribution in [0.25, 0.3) is 0 Å². The Hall–Kier alpha value is -0.610. The lowest BCUT2D eigenvalue weighted by atomic mass is 9.88. The van der Waals surface area contributed by atoms with Crippen molar-refractivity contribution in [3.63, 3.8) is 0 Å². The highest BCUT2D eigenvalue weighted by Gasteiger charge is 2.49. The maximum atomic E-state index is 12.0. The Morgan fingerprint density at radius 3 is 2.62 bits per heavy atom. The Morgan fingerprint density at radius 1 is 1.14 bits per heavy atom. The van der Waals surface area contributed by atoms with E-state index in [0.29, 0.717) is 6.04 Å². The molecule has 2 atom stereocenters. The number of hydrogen-bond donors (Lipinski definition) is 1. The van der Waals surface area contributed by atoms with Gasteiger partial charge in [-0.1, -0.05) is 20.3 Å². The number of rotatable bonds is 6. The Labute approximate surface area is 129 Å². The predicted octanol–water partition coefficient (Wildman–Crippen LogP) is 2.97. The Balaban J connectivity index is 2.06. The zero-order chi connectivity index (χ0) is 15.3. The third-order valence-electron chi connectivity index (χ3n) is 5.37. The summed E-state index contributed by atoms with van der Waals surface area (Å²) in [5, 5.41) is 9.85. The average molecular weight is 296 g/mol. The third kappa shape index (κ3) is 3.59. The van der Waals surface area contributed by atoms with Crippen molar-refractivity contribution in [2.75, 3.05) is 26.2 Å². The fourth-order valence-electron chi connectivity index (χ4n) is 4.44. The Kier molecular flexibility index (Phi) is 6.06. The number of carbonyl (C=O) groups is 1. The van der Waals surface area contributed by atoms with E-state index in [4.69, 9.17) is 0 Å². The molecule has 4 heteroatoms. The van der Waals surface area contributed by atoms with Gasteiger partial charge in [0.2, 0.25) is 0 Å². The topological polar surface area (TPSA) is 43.8 Å². The highest BCUT2D eigenvalue weighted by atomic mass is 16.4. The number of carboxylic acids is 1. The van der Waals surface area contributed by atoms with Gasteiger partial charge < -0.3 is 10.0 Å². The minimum absolute atomic E-state index is 0.469. The van der Waals surface area contributed by atoms with Gasteiger partial charge >= 0.3 is 5.97 Å². The molecule has 1 N–H and O–H groups in total. The van der Waals surface area contributed by atoms with Crippen molar-refractivity contribution in [1.29, 1.82) is 0 Å². The molecule has 2 unspecified atom stereocenters. The second-order valence-electron chi connectivity index (χ2n) is 6.81. The molecule has 0 amide bonds. The van der Waals surface area contributed by atoms with E-state index in [1.807, 2.05) is 0 Å². The van der Waals surface area contributed by atoms with Crippen LogP contribution in [0.4, 0.5) is 0 Å². The van der Waals surface area contributed by atoms with Gasteiger partial charge in [-0.2, -0.15) is 0 Å². The summed E-state index contributed by atoms with van der Waals surface area (Å²) in [6.07, 6.45) is 8.37. The molecule has 2 heterocycles. The quantitative estimate of drug-likeness (QED) is 0.818. The fourth-order valence-corrected chi connectivity index (χ4v) is 4.44. The van der Waals surface area contributed by atoms with Crippen LogP contribution in [0.5, 0.6) is 0 Å². The smallest absolute Gasteiger partial charge is 0.324 e. The molecule has 0 aromatic carbocycles. The molecule has 0 aromatic heterocycles. The molecule has 122 valence electrons. The third-order valence-corrected chi connectivity index (χ3v) is 5.37. The van der Waals surface area contributed by atoms with Crippen molar-refractivity contribution in [1.82, 2.24) is 9.80 Å². The summed E-state index contributed by atoms with van der Waals surface area (Å²) in [7, 11) is 0. The summed E-state index contributed by atoms with van der Waals surface area (Å²) in [6.45, 7) is 8.83. The zero-order valence-electron chi connectivity index (χ0n) is 13.8. The van der Waals surface area contributed by atoms with Crippen LogP contribution in [0, 0.1) is 0 Å². The number of carboxylic acid groups (broad SMARTS) is 1. The van der Waals surface area contributed by atoms with Gasteiger partial charge in [-0.05, 0) is 71.1 Å². The molecule has 4 nitrogen and oxygen atoms in total. The molecule has 0 radical (unpaired) electrons. The van der Waals surface area contributed by atoms with Crippen molar-refractivity contribution in [3.8, 4) is 0 Å². The SMILES string of the molecule is CCCN1CCCC(N2CCCC2(CCC)C(=O)O)CC1. The van der Waals surface area contributed by atoms with Gasteiger partial charge in [0, 0.05) is 6.04 Å². The van der Waals surface area contributed by atoms with Crippen LogP contribution >= 0.6 is 0 Å². The molecule has 2 saturated heterocycles. The number of likely N-dealkylation sites (tertiary alicyclic amines) is 2. The summed E-state index contributed by atoms with van der Waals surface area (Å²) in [5.74, 6) is -0.587.